The zero-order valence-corrected chi connectivity index (χ0v) is 11.9. The molecule has 9 heteroatoms. The third kappa shape index (κ3) is 3.91. The van der Waals surface area contributed by atoms with E-state index in [0.29, 0.717) is 5.56 Å². The van der Waals surface area contributed by atoms with Gasteiger partial charge in [0.05, 0.1) is 19.8 Å². The molecule has 2 rings (SSSR count). The molecule has 0 radical (unpaired) electrons. The van der Waals surface area contributed by atoms with Crippen LogP contribution in [0, 0.1) is 0 Å². The SMILES string of the molecule is COC(=O)C=Cc1cnc(=O)[nH]c1N[C@@H]1O[C@H](CO)C[C@H]1O. The van der Waals surface area contributed by atoms with Crippen molar-refractivity contribution in [3.8, 4) is 0 Å². The number of rotatable bonds is 5. The van der Waals surface area contributed by atoms with Crippen LogP contribution in [0.5, 0.6) is 0 Å². The van der Waals surface area contributed by atoms with Crippen molar-refractivity contribution in [2.75, 3.05) is 19.0 Å². The number of hydrogen-bond acceptors (Lipinski definition) is 8. The maximum absolute atomic E-state index is 11.3. The van der Waals surface area contributed by atoms with Crippen LogP contribution in [0.2, 0.25) is 0 Å². The Bertz CT molecular complexity index is 614. The van der Waals surface area contributed by atoms with Crippen molar-refractivity contribution in [3.05, 3.63) is 28.3 Å². The molecule has 1 aliphatic heterocycles. The van der Waals surface area contributed by atoms with Gasteiger partial charge in [0.2, 0.25) is 0 Å². The summed E-state index contributed by atoms with van der Waals surface area (Å²) in [4.78, 5) is 28.5. The number of aliphatic hydroxyl groups excluding tert-OH is 2. The smallest absolute Gasteiger partial charge is 0.346 e. The van der Waals surface area contributed by atoms with E-state index in [4.69, 9.17) is 9.84 Å². The number of methoxy groups -OCH3 is 1. The Morgan fingerprint density at radius 2 is 2.45 bits per heavy atom. The van der Waals surface area contributed by atoms with E-state index in [2.05, 4.69) is 20.0 Å². The van der Waals surface area contributed by atoms with Gasteiger partial charge >= 0.3 is 11.7 Å². The molecule has 0 aromatic carbocycles. The predicted molar refractivity (Wildman–Crippen MR) is 75.9 cm³/mol. The van der Waals surface area contributed by atoms with Crippen LogP contribution < -0.4 is 11.0 Å². The van der Waals surface area contributed by atoms with Gasteiger partial charge in [-0.3, -0.25) is 4.98 Å². The number of nitrogens with one attached hydrogen (secondary N) is 2. The topological polar surface area (TPSA) is 134 Å². The van der Waals surface area contributed by atoms with Crippen LogP contribution in [-0.4, -0.2) is 58.3 Å². The molecule has 3 atom stereocenters. The highest BCUT2D eigenvalue weighted by Gasteiger charge is 2.33. The van der Waals surface area contributed by atoms with Crippen molar-refractivity contribution in [3.63, 3.8) is 0 Å². The van der Waals surface area contributed by atoms with Crippen LogP contribution in [-0.2, 0) is 14.3 Å². The fourth-order valence-corrected chi connectivity index (χ4v) is 2.01. The minimum atomic E-state index is -0.841. The number of H-pyrrole nitrogens is 1. The zero-order valence-electron chi connectivity index (χ0n) is 11.9. The van der Waals surface area contributed by atoms with Gasteiger partial charge < -0.3 is 25.0 Å². The third-order valence-corrected chi connectivity index (χ3v) is 3.12. The first-order valence-corrected chi connectivity index (χ1v) is 6.59. The Morgan fingerprint density at radius 3 is 3.09 bits per heavy atom. The van der Waals surface area contributed by atoms with E-state index in [1.807, 2.05) is 0 Å². The van der Waals surface area contributed by atoms with Crippen molar-refractivity contribution < 1.29 is 24.5 Å². The molecule has 2 heterocycles. The molecule has 1 aliphatic rings. The van der Waals surface area contributed by atoms with E-state index in [1.54, 1.807) is 0 Å². The quantitative estimate of drug-likeness (QED) is 0.395. The van der Waals surface area contributed by atoms with E-state index < -0.39 is 30.1 Å². The van der Waals surface area contributed by atoms with Gasteiger partial charge in [-0.15, -0.1) is 0 Å². The standard InChI is InChI=1S/C13H17N3O6/c1-21-10(19)3-2-7-5-14-13(20)16-11(7)15-12-9(18)4-8(6-17)22-12/h2-3,5,8-9,12,17-18H,4,6H2,1H3,(H2,14,15,16,20)/t8-,9+,12+/m0/s1. The molecule has 0 bridgehead atoms. The fraction of sp³-hybridized carbons (Fsp3) is 0.462. The lowest BCUT2D eigenvalue weighted by Gasteiger charge is -2.18. The average Bonchev–Trinajstić information content (AvgIpc) is 2.86. The minimum Gasteiger partial charge on any atom is -0.466 e. The molecule has 0 unspecified atom stereocenters. The monoisotopic (exact) mass is 311 g/mol. The molecule has 0 spiro atoms. The van der Waals surface area contributed by atoms with Crippen LogP contribution >= 0.6 is 0 Å². The van der Waals surface area contributed by atoms with Crippen molar-refractivity contribution in [1.82, 2.24) is 9.97 Å². The molecule has 120 valence electrons. The molecular formula is C13H17N3O6. The minimum absolute atomic E-state index is 0.211. The average molecular weight is 311 g/mol. The maximum atomic E-state index is 11.3. The molecule has 1 saturated heterocycles. The number of aromatic amines is 1. The van der Waals surface area contributed by atoms with E-state index in [1.165, 1.54) is 25.5 Å². The molecule has 9 nitrogen and oxygen atoms in total. The molecular weight excluding hydrogens is 294 g/mol. The van der Waals surface area contributed by atoms with Gasteiger partial charge in [-0.2, -0.15) is 0 Å². The molecule has 22 heavy (non-hydrogen) atoms. The van der Waals surface area contributed by atoms with Gasteiger partial charge in [0.1, 0.15) is 11.9 Å². The highest BCUT2D eigenvalue weighted by molar-refractivity contribution is 5.87. The number of carbonyl (C=O) groups is 1. The summed E-state index contributed by atoms with van der Waals surface area (Å²) >= 11 is 0. The van der Waals surface area contributed by atoms with E-state index in [0.717, 1.165) is 0 Å². The van der Waals surface area contributed by atoms with E-state index in [9.17, 15) is 14.7 Å². The largest absolute Gasteiger partial charge is 0.466 e. The summed E-state index contributed by atoms with van der Waals surface area (Å²) in [5.74, 6) is -0.322. The second kappa shape index (κ2) is 7.16. The Kier molecular flexibility index (Phi) is 5.26. The second-order valence-corrected chi connectivity index (χ2v) is 4.68. The summed E-state index contributed by atoms with van der Waals surface area (Å²) in [6, 6.07) is 0. The van der Waals surface area contributed by atoms with E-state index >= 15 is 0 Å². The lowest BCUT2D eigenvalue weighted by atomic mass is 10.2. The molecule has 4 N–H and O–H groups in total. The van der Waals surface area contributed by atoms with Gasteiger partial charge in [0.15, 0.2) is 6.23 Å². The lowest BCUT2D eigenvalue weighted by molar-refractivity contribution is -0.134. The summed E-state index contributed by atoms with van der Waals surface area (Å²) in [5.41, 5.74) is -0.183. The van der Waals surface area contributed by atoms with Crippen LogP contribution in [0.25, 0.3) is 6.08 Å². The molecule has 1 aromatic heterocycles. The number of esters is 1. The molecule has 0 saturated carbocycles. The number of aliphatic hydroxyl groups is 2. The summed E-state index contributed by atoms with van der Waals surface area (Å²) < 4.78 is 9.88. The molecule has 0 aliphatic carbocycles. The number of aromatic nitrogens is 2. The van der Waals surface area contributed by atoms with Crippen LogP contribution in [0.4, 0.5) is 5.82 Å². The lowest BCUT2D eigenvalue weighted by Crippen LogP contribution is -2.31. The normalized spacial score (nSPS) is 24.6. The predicted octanol–water partition coefficient (Wildman–Crippen LogP) is -1.16. The van der Waals surface area contributed by atoms with Gasteiger partial charge in [0, 0.05) is 24.3 Å². The number of ether oxygens (including phenoxy) is 2. The Balaban J connectivity index is 2.19. The summed E-state index contributed by atoms with van der Waals surface area (Å²) in [5, 5.41) is 21.7. The fourth-order valence-electron chi connectivity index (χ4n) is 2.01. The summed E-state index contributed by atoms with van der Waals surface area (Å²) in [6.07, 6.45) is 2.01. The molecule has 0 amide bonds. The Labute approximate surface area is 125 Å². The Morgan fingerprint density at radius 1 is 1.68 bits per heavy atom. The number of nitrogens with zero attached hydrogens (tertiary/aromatic N) is 1. The molecule has 1 fully saturated rings. The number of hydrogen-bond donors (Lipinski definition) is 4. The maximum Gasteiger partial charge on any atom is 0.346 e. The third-order valence-electron chi connectivity index (χ3n) is 3.12. The first-order chi connectivity index (χ1) is 10.5. The van der Waals surface area contributed by atoms with Crippen molar-refractivity contribution in [2.24, 2.45) is 0 Å². The van der Waals surface area contributed by atoms with Gasteiger partial charge in [-0.1, -0.05) is 0 Å². The second-order valence-electron chi connectivity index (χ2n) is 4.68. The zero-order chi connectivity index (χ0) is 16.1. The van der Waals surface area contributed by atoms with Gasteiger partial charge in [-0.05, 0) is 6.08 Å². The first kappa shape index (κ1) is 16.1. The van der Waals surface area contributed by atoms with Crippen molar-refractivity contribution in [2.45, 2.75) is 24.9 Å². The highest BCUT2D eigenvalue weighted by Crippen LogP contribution is 2.22. The highest BCUT2D eigenvalue weighted by atomic mass is 16.5. The Hall–Kier alpha value is -2.23. The van der Waals surface area contributed by atoms with E-state index in [-0.39, 0.29) is 18.8 Å². The number of carbonyl (C=O) groups excluding carboxylic acids is 1. The van der Waals surface area contributed by atoms with Crippen LogP contribution in [0.3, 0.4) is 0 Å². The summed E-state index contributed by atoms with van der Waals surface area (Å²) in [7, 11) is 1.24. The molecule has 1 aromatic rings. The van der Waals surface area contributed by atoms with Gasteiger partial charge in [0.25, 0.3) is 0 Å². The van der Waals surface area contributed by atoms with Crippen molar-refractivity contribution in [1.29, 1.82) is 0 Å². The van der Waals surface area contributed by atoms with Crippen LogP contribution in [0.1, 0.15) is 12.0 Å². The first-order valence-electron chi connectivity index (χ1n) is 6.59. The van der Waals surface area contributed by atoms with Gasteiger partial charge in [-0.25, -0.2) is 14.6 Å². The van der Waals surface area contributed by atoms with Crippen molar-refractivity contribution >= 4 is 17.9 Å². The summed E-state index contributed by atoms with van der Waals surface area (Å²) in [6.45, 7) is -0.211. The number of anilines is 1. The van der Waals surface area contributed by atoms with Crippen LogP contribution in [0.15, 0.2) is 17.1 Å².